The van der Waals surface area contributed by atoms with Crippen LogP contribution in [0, 0.1) is 0 Å². The second-order valence-corrected chi connectivity index (χ2v) is 3.68. The van der Waals surface area contributed by atoms with E-state index in [0.717, 1.165) is 6.42 Å². The van der Waals surface area contributed by atoms with Crippen LogP contribution < -0.4 is 5.32 Å². The molecule has 0 aromatic rings. The molecule has 0 rings (SSSR count). The van der Waals surface area contributed by atoms with Crippen LogP contribution in [0.3, 0.4) is 0 Å². The molecule has 0 radical (unpaired) electrons. The zero-order chi connectivity index (χ0) is 8.69. The van der Waals surface area contributed by atoms with Crippen LogP contribution in [0.4, 0.5) is 0 Å². The summed E-state index contributed by atoms with van der Waals surface area (Å²) < 4.78 is 10.5. The minimum absolute atomic E-state index is 0.174. The Morgan fingerprint density at radius 1 is 1.73 bits per heavy atom. The predicted molar refractivity (Wildman–Crippen MR) is 46.8 cm³/mol. The molecule has 1 N–H and O–H groups in total. The molecular formula is C7H13NO2S. The molecule has 1 unspecified atom stereocenters. The van der Waals surface area contributed by atoms with Crippen molar-refractivity contribution >= 4 is 16.7 Å². The summed E-state index contributed by atoms with van der Waals surface area (Å²) in [5.74, 6) is 0.462. The summed E-state index contributed by atoms with van der Waals surface area (Å²) in [5.41, 5.74) is 0. The van der Waals surface area contributed by atoms with Crippen molar-refractivity contribution < 1.29 is 9.00 Å². The molecule has 64 valence electrons. The topological polar surface area (TPSA) is 46.2 Å². The van der Waals surface area contributed by atoms with Crippen molar-refractivity contribution in [3.63, 3.8) is 0 Å². The second-order valence-electron chi connectivity index (χ2n) is 2.13. The summed E-state index contributed by atoms with van der Waals surface area (Å²) in [7, 11) is -0.759. The maximum Gasteiger partial charge on any atom is 0.243 e. The van der Waals surface area contributed by atoms with Crippen LogP contribution in [0.5, 0.6) is 0 Å². The number of hydrogen-bond acceptors (Lipinski definition) is 2. The first kappa shape index (κ1) is 10.4. The van der Waals surface area contributed by atoms with E-state index in [4.69, 9.17) is 0 Å². The zero-order valence-corrected chi connectivity index (χ0v) is 7.45. The molecule has 0 aromatic heterocycles. The highest BCUT2D eigenvalue weighted by Gasteiger charge is 1.93. The molecular weight excluding hydrogens is 162 g/mol. The fourth-order valence-corrected chi connectivity index (χ4v) is 1.11. The van der Waals surface area contributed by atoms with Gasteiger partial charge in [0, 0.05) is 29.4 Å². The van der Waals surface area contributed by atoms with Crippen LogP contribution in [0.25, 0.3) is 0 Å². The van der Waals surface area contributed by atoms with E-state index in [0.29, 0.717) is 12.3 Å². The van der Waals surface area contributed by atoms with Crippen LogP contribution in [0.2, 0.25) is 0 Å². The van der Waals surface area contributed by atoms with E-state index in [2.05, 4.69) is 11.9 Å². The third kappa shape index (κ3) is 7.25. The van der Waals surface area contributed by atoms with E-state index >= 15 is 0 Å². The first-order valence-electron chi connectivity index (χ1n) is 3.37. The molecule has 0 spiro atoms. The Bertz CT molecular complexity index is 168. The maximum absolute atomic E-state index is 10.6. The molecule has 0 saturated carbocycles. The maximum atomic E-state index is 10.6. The van der Waals surface area contributed by atoms with Crippen LogP contribution in [-0.4, -0.2) is 28.7 Å². The molecule has 3 nitrogen and oxygen atoms in total. The fraction of sp³-hybridized carbons (Fsp3) is 0.571. The van der Waals surface area contributed by atoms with Crippen molar-refractivity contribution in [1.82, 2.24) is 5.32 Å². The normalized spacial score (nSPS) is 12.1. The third-order valence-corrected chi connectivity index (χ3v) is 1.96. The fourth-order valence-electron chi connectivity index (χ4n) is 0.559. The van der Waals surface area contributed by atoms with Gasteiger partial charge in [-0.2, -0.15) is 0 Å². The molecule has 4 heteroatoms. The van der Waals surface area contributed by atoms with E-state index < -0.39 is 10.8 Å². The van der Waals surface area contributed by atoms with Crippen molar-refractivity contribution in [1.29, 1.82) is 0 Å². The van der Waals surface area contributed by atoms with Gasteiger partial charge in [-0.05, 0) is 12.5 Å². The summed E-state index contributed by atoms with van der Waals surface area (Å²) in [6.07, 6.45) is 3.63. The molecule has 1 atom stereocenters. The van der Waals surface area contributed by atoms with Gasteiger partial charge in [-0.15, -0.1) is 0 Å². The van der Waals surface area contributed by atoms with E-state index in [-0.39, 0.29) is 5.91 Å². The number of carbonyl (C=O) groups is 1. The standard InChI is InChI=1S/C7H13NO2S/c1-3-7(9)8-5-4-6-11(2)10/h3H,1,4-6H2,2H3,(H,8,9). The first-order chi connectivity index (χ1) is 5.16. The molecule has 0 fully saturated rings. The highest BCUT2D eigenvalue weighted by Crippen LogP contribution is 1.81. The molecule has 0 aliphatic carbocycles. The van der Waals surface area contributed by atoms with Gasteiger partial charge in [-0.1, -0.05) is 6.58 Å². The summed E-state index contributed by atoms with van der Waals surface area (Å²) >= 11 is 0. The SMILES string of the molecule is C=CC(=O)NCCCS(C)=O. The van der Waals surface area contributed by atoms with E-state index in [9.17, 15) is 9.00 Å². The molecule has 0 heterocycles. The van der Waals surface area contributed by atoms with Crippen LogP contribution >= 0.6 is 0 Å². The minimum Gasteiger partial charge on any atom is -0.353 e. The van der Waals surface area contributed by atoms with Gasteiger partial charge in [0.1, 0.15) is 0 Å². The number of hydrogen-bond donors (Lipinski definition) is 1. The Labute approximate surface area is 69.3 Å². The van der Waals surface area contributed by atoms with E-state index in [1.165, 1.54) is 6.08 Å². The number of carbonyl (C=O) groups excluding carboxylic acids is 1. The van der Waals surface area contributed by atoms with Crippen molar-refractivity contribution in [3.05, 3.63) is 12.7 Å². The summed E-state index contributed by atoms with van der Waals surface area (Å²) in [4.78, 5) is 10.6. The smallest absolute Gasteiger partial charge is 0.243 e. The molecule has 0 aromatic carbocycles. The Balaban J connectivity index is 3.21. The lowest BCUT2D eigenvalue weighted by Crippen LogP contribution is -2.22. The summed E-state index contributed by atoms with van der Waals surface area (Å²) in [6, 6.07) is 0. The Morgan fingerprint density at radius 2 is 2.36 bits per heavy atom. The van der Waals surface area contributed by atoms with Crippen LogP contribution in [0.15, 0.2) is 12.7 Å². The first-order valence-corrected chi connectivity index (χ1v) is 5.10. The number of amides is 1. The predicted octanol–water partition coefficient (Wildman–Crippen LogP) is 0.0572. The average molecular weight is 175 g/mol. The molecule has 11 heavy (non-hydrogen) atoms. The Kier molecular flexibility index (Phi) is 5.74. The lowest BCUT2D eigenvalue weighted by atomic mass is 10.4. The van der Waals surface area contributed by atoms with E-state index in [1.807, 2.05) is 0 Å². The van der Waals surface area contributed by atoms with Gasteiger partial charge in [0.25, 0.3) is 0 Å². The van der Waals surface area contributed by atoms with Crippen molar-refractivity contribution in [2.45, 2.75) is 6.42 Å². The van der Waals surface area contributed by atoms with Gasteiger partial charge in [0.15, 0.2) is 0 Å². The zero-order valence-electron chi connectivity index (χ0n) is 6.63. The van der Waals surface area contributed by atoms with Gasteiger partial charge in [0.05, 0.1) is 0 Å². The quantitative estimate of drug-likeness (QED) is 0.474. The van der Waals surface area contributed by atoms with Crippen molar-refractivity contribution in [2.24, 2.45) is 0 Å². The highest BCUT2D eigenvalue weighted by molar-refractivity contribution is 7.84. The second kappa shape index (κ2) is 6.09. The van der Waals surface area contributed by atoms with Gasteiger partial charge < -0.3 is 5.32 Å². The summed E-state index contributed by atoms with van der Waals surface area (Å²) in [6.45, 7) is 3.88. The van der Waals surface area contributed by atoms with E-state index in [1.54, 1.807) is 6.26 Å². The molecule has 0 aliphatic rings. The lowest BCUT2D eigenvalue weighted by molar-refractivity contribution is -0.116. The van der Waals surface area contributed by atoms with Gasteiger partial charge >= 0.3 is 0 Å². The average Bonchev–Trinajstić information content (AvgIpc) is 1.97. The van der Waals surface area contributed by atoms with Crippen LogP contribution in [0.1, 0.15) is 6.42 Å². The van der Waals surface area contributed by atoms with Gasteiger partial charge in [0.2, 0.25) is 5.91 Å². The summed E-state index contributed by atoms with van der Waals surface area (Å²) in [5, 5.41) is 2.60. The number of rotatable bonds is 5. The van der Waals surface area contributed by atoms with Crippen molar-refractivity contribution in [2.75, 3.05) is 18.6 Å². The largest absolute Gasteiger partial charge is 0.353 e. The highest BCUT2D eigenvalue weighted by atomic mass is 32.2. The van der Waals surface area contributed by atoms with Crippen molar-refractivity contribution in [3.8, 4) is 0 Å². The molecule has 0 bridgehead atoms. The Hall–Kier alpha value is -0.640. The van der Waals surface area contributed by atoms with Gasteiger partial charge in [-0.3, -0.25) is 9.00 Å². The third-order valence-electron chi connectivity index (χ3n) is 1.09. The number of nitrogens with one attached hydrogen (secondary N) is 1. The molecule has 0 saturated heterocycles. The molecule has 0 aliphatic heterocycles. The molecule has 1 amide bonds. The van der Waals surface area contributed by atoms with Gasteiger partial charge in [-0.25, -0.2) is 0 Å². The Morgan fingerprint density at radius 3 is 2.82 bits per heavy atom. The minimum atomic E-state index is -0.759. The van der Waals surface area contributed by atoms with Crippen LogP contribution in [-0.2, 0) is 15.6 Å². The monoisotopic (exact) mass is 175 g/mol. The lowest BCUT2D eigenvalue weighted by Gasteiger charge is -1.99.